The van der Waals surface area contributed by atoms with E-state index in [1.807, 2.05) is 0 Å². The molecular weight excluding hydrogens is 272 g/mol. The Morgan fingerprint density at radius 1 is 1.38 bits per heavy atom. The summed E-state index contributed by atoms with van der Waals surface area (Å²) in [7, 11) is 0. The highest BCUT2D eigenvalue weighted by Gasteiger charge is 2.16. The number of nitrogens with zero attached hydrogens (tertiary/aromatic N) is 2. The highest BCUT2D eigenvalue weighted by Crippen LogP contribution is 2.25. The maximum atomic E-state index is 11.1. The van der Waals surface area contributed by atoms with E-state index < -0.39 is 11.6 Å². The van der Waals surface area contributed by atoms with Gasteiger partial charge < -0.3 is 15.3 Å². The number of aliphatic hydroxyl groups is 2. The van der Waals surface area contributed by atoms with Crippen LogP contribution >= 0.6 is 0 Å². The van der Waals surface area contributed by atoms with Gasteiger partial charge >= 0.3 is 5.97 Å². The van der Waals surface area contributed by atoms with E-state index in [9.17, 15) is 15.0 Å². The van der Waals surface area contributed by atoms with E-state index in [0.29, 0.717) is 23.2 Å². The molecule has 0 aliphatic carbocycles. The quantitative estimate of drug-likeness (QED) is 0.775. The first kappa shape index (κ1) is 15.2. The first-order valence-corrected chi connectivity index (χ1v) is 6.52. The van der Waals surface area contributed by atoms with E-state index in [0.717, 1.165) is 0 Å². The van der Waals surface area contributed by atoms with Gasteiger partial charge in [0.25, 0.3) is 0 Å². The fraction of sp³-hybridized carbons (Fsp3) is 0.333. The van der Waals surface area contributed by atoms with Crippen LogP contribution in [-0.4, -0.2) is 36.7 Å². The fourth-order valence-corrected chi connectivity index (χ4v) is 2.10. The van der Waals surface area contributed by atoms with Crippen LogP contribution in [0.15, 0.2) is 30.6 Å². The van der Waals surface area contributed by atoms with Crippen LogP contribution < -0.4 is 0 Å². The summed E-state index contributed by atoms with van der Waals surface area (Å²) in [6.45, 7) is 3.49. The van der Waals surface area contributed by atoms with E-state index >= 15 is 0 Å². The van der Waals surface area contributed by atoms with Gasteiger partial charge in [0.05, 0.1) is 30.5 Å². The normalized spacial score (nSPS) is 11.6. The van der Waals surface area contributed by atoms with Crippen molar-refractivity contribution in [3.8, 4) is 11.1 Å². The van der Waals surface area contributed by atoms with Crippen LogP contribution in [0.5, 0.6) is 0 Å². The van der Waals surface area contributed by atoms with E-state index in [4.69, 9.17) is 5.11 Å². The van der Waals surface area contributed by atoms with Gasteiger partial charge in [0.2, 0.25) is 0 Å². The molecule has 112 valence electrons. The van der Waals surface area contributed by atoms with Crippen LogP contribution in [0.2, 0.25) is 0 Å². The second-order valence-corrected chi connectivity index (χ2v) is 5.57. The molecule has 1 aromatic carbocycles. The molecule has 6 heteroatoms. The van der Waals surface area contributed by atoms with Crippen molar-refractivity contribution in [2.75, 3.05) is 0 Å². The van der Waals surface area contributed by atoms with Gasteiger partial charge in [-0.05, 0) is 37.1 Å². The summed E-state index contributed by atoms with van der Waals surface area (Å²) in [5.74, 6) is -1.02. The van der Waals surface area contributed by atoms with Crippen molar-refractivity contribution in [3.63, 3.8) is 0 Å². The Morgan fingerprint density at radius 2 is 2.10 bits per heavy atom. The van der Waals surface area contributed by atoms with Crippen LogP contribution in [0.1, 0.15) is 29.8 Å². The minimum absolute atomic E-state index is 0.150. The van der Waals surface area contributed by atoms with Gasteiger partial charge in [-0.3, -0.25) is 4.68 Å². The zero-order valence-corrected chi connectivity index (χ0v) is 11.9. The Hall–Kier alpha value is -2.18. The Balaban J connectivity index is 2.41. The molecule has 0 spiro atoms. The highest BCUT2D eigenvalue weighted by molar-refractivity contribution is 5.89. The molecule has 0 unspecified atom stereocenters. The van der Waals surface area contributed by atoms with Crippen LogP contribution in [0.25, 0.3) is 11.1 Å². The first-order valence-electron chi connectivity index (χ1n) is 6.52. The predicted octanol–water partition coefficient (Wildman–Crippen LogP) is 1.51. The molecule has 3 N–H and O–H groups in total. The number of aliphatic hydroxyl groups excluding tert-OH is 1. The van der Waals surface area contributed by atoms with Crippen molar-refractivity contribution in [1.29, 1.82) is 0 Å². The maximum absolute atomic E-state index is 11.1. The summed E-state index contributed by atoms with van der Waals surface area (Å²) < 4.78 is 1.59. The van der Waals surface area contributed by atoms with Gasteiger partial charge in [-0.15, -0.1) is 0 Å². The molecular formula is C15H18N2O4. The monoisotopic (exact) mass is 290 g/mol. The molecule has 1 aromatic heterocycles. The molecule has 0 amide bonds. The van der Waals surface area contributed by atoms with Gasteiger partial charge in [-0.2, -0.15) is 5.10 Å². The predicted molar refractivity (Wildman–Crippen MR) is 76.8 cm³/mol. The molecule has 6 nitrogen and oxygen atoms in total. The van der Waals surface area contributed by atoms with E-state index in [-0.39, 0.29) is 12.2 Å². The summed E-state index contributed by atoms with van der Waals surface area (Å²) >= 11 is 0. The molecule has 0 saturated heterocycles. The lowest BCUT2D eigenvalue weighted by molar-refractivity contribution is 0.0577. The van der Waals surface area contributed by atoms with Crippen molar-refractivity contribution in [2.45, 2.75) is 32.6 Å². The Bertz CT molecular complexity index is 656. The highest BCUT2D eigenvalue weighted by atomic mass is 16.4. The molecule has 0 fully saturated rings. The standard InChI is InChI=1S/C15H18N2O4/c1-15(2,21)9-17-7-12(6-16-17)13-5-10(14(19)20)3-4-11(13)8-18/h3-7,18,21H,8-9H2,1-2H3,(H,19,20). The van der Waals surface area contributed by atoms with Gasteiger partial charge in [-0.25, -0.2) is 4.79 Å². The van der Waals surface area contributed by atoms with Gasteiger partial charge in [0.1, 0.15) is 0 Å². The Labute approximate surface area is 122 Å². The molecule has 0 saturated carbocycles. The summed E-state index contributed by atoms with van der Waals surface area (Å²) in [6, 6.07) is 4.56. The number of aromatic nitrogens is 2. The summed E-state index contributed by atoms with van der Waals surface area (Å²) in [5, 5.41) is 32.4. The lowest BCUT2D eigenvalue weighted by Crippen LogP contribution is -2.26. The lowest BCUT2D eigenvalue weighted by Gasteiger charge is -2.16. The number of hydrogen-bond acceptors (Lipinski definition) is 4. The van der Waals surface area contributed by atoms with Crippen molar-refractivity contribution < 1.29 is 20.1 Å². The Morgan fingerprint density at radius 3 is 2.67 bits per heavy atom. The zero-order chi connectivity index (χ0) is 15.6. The molecule has 0 radical (unpaired) electrons. The number of carboxylic acid groups (broad SMARTS) is 1. The summed E-state index contributed by atoms with van der Waals surface area (Å²) in [5.41, 5.74) is 1.21. The Kier molecular flexibility index (Phi) is 4.11. The molecule has 2 aromatic rings. The number of rotatable bonds is 5. The molecule has 0 atom stereocenters. The van der Waals surface area contributed by atoms with Crippen LogP contribution in [-0.2, 0) is 13.2 Å². The number of carboxylic acids is 1. The summed E-state index contributed by atoms with van der Waals surface area (Å²) in [6.07, 6.45) is 3.31. The second-order valence-electron chi connectivity index (χ2n) is 5.57. The molecule has 0 bridgehead atoms. The molecule has 0 aliphatic heterocycles. The summed E-state index contributed by atoms with van der Waals surface area (Å²) in [4.78, 5) is 11.1. The van der Waals surface area contributed by atoms with Crippen molar-refractivity contribution in [3.05, 3.63) is 41.7 Å². The van der Waals surface area contributed by atoms with E-state index in [1.165, 1.54) is 12.1 Å². The van der Waals surface area contributed by atoms with E-state index in [2.05, 4.69) is 5.10 Å². The largest absolute Gasteiger partial charge is 0.478 e. The maximum Gasteiger partial charge on any atom is 0.335 e. The second kappa shape index (κ2) is 5.67. The number of aromatic carboxylic acids is 1. The number of hydrogen-bond donors (Lipinski definition) is 3. The van der Waals surface area contributed by atoms with Gasteiger partial charge in [-0.1, -0.05) is 6.07 Å². The third-order valence-electron chi connectivity index (χ3n) is 3.02. The smallest absolute Gasteiger partial charge is 0.335 e. The van der Waals surface area contributed by atoms with Crippen LogP contribution in [0.3, 0.4) is 0 Å². The van der Waals surface area contributed by atoms with Crippen LogP contribution in [0, 0.1) is 0 Å². The fourth-order valence-electron chi connectivity index (χ4n) is 2.10. The minimum atomic E-state index is -1.02. The lowest BCUT2D eigenvalue weighted by atomic mass is 10.00. The zero-order valence-electron chi connectivity index (χ0n) is 11.9. The third-order valence-corrected chi connectivity index (χ3v) is 3.02. The molecule has 2 rings (SSSR count). The first-order chi connectivity index (χ1) is 9.80. The average molecular weight is 290 g/mol. The van der Waals surface area contributed by atoms with Gasteiger partial charge in [0, 0.05) is 11.8 Å². The molecule has 1 heterocycles. The SMILES string of the molecule is CC(C)(O)Cn1cc(-c2cc(C(=O)O)ccc2CO)cn1. The molecule has 0 aliphatic rings. The minimum Gasteiger partial charge on any atom is -0.478 e. The van der Waals surface area contributed by atoms with Crippen LogP contribution in [0.4, 0.5) is 0 Å². The third kappa shape index (κ3) is 3.68. The molecule has 21 heavy (non-hydrogen) atoms. The number of carbonyl (C=O) groups is 1. The van der Waals surface area contributed by atoms with Crippen molar-refractivity contribution >= 4 is 5.97 Å². The van der Waals surface area contributed by atoms with E-state index in [1.54, 1.807) is 37.0 Å². The average Bonchev–Trinajstić information content (AvgIpc) is 2.83. The van der Waals surface area contributed by atoms with Gasteiger partial charge in [0.15, 0.2) is 0 Å². The number of benzene rings is 1. The topological polar surface area (TPSA) is 95.6 Å². The van der Waals surface area contributed by atoms with Crippen molar-refractivity contribution in [2.24, 2.45) is 0 Å². The van der Waals surface area contributed by atoms with Crippen molar-refractivity contribution in [1.82, 2.24) is 9.78 Å².